The van der Waals surface area contributed by atoms with Crippen LogP contribution in [0.5, 0.6) is 0 Å². The molecule has 2 heterocycles. The second-order valence-electron chi connectivity index (χ2n) is 5.35. The molecule has 1 aliphatic heterocycles. The Bertz CT molecular complexity index is 402. The van der Waals surface area contributed by atoms with Gasteiger partial charge >= 0.3 is 0 Å². The summed E-state index contributed by atoms with van der Waals surface area (Å²) in [5.41, 5.74) is 7.96. The number of nitrogens with two attached hydrogens (primary N) is 1. The highest BCUT2D eigenvalue weighted by Crippen LogP contribution is 2.46. The quantitative estimate of drug-likeness (QED) is 0.814. The number of rotatable bonds is 2. The summed E-state index contributed by atoms with van der Waals surface area (Å²) < 4.78 is 7.30. The molecule has 2 aliphatic rings. The molecule has 1 saturated carbocycles. The van der Waals surface area contributed by atoms with Crippen molar-refractivity contribution in [3.8, 4) is 0 Å². The van der Waals surface area contributed by atoms with Crippen molar-refractivity contribution in [3.05, 3.63) is 19.9 Å². The van der Waals surface area contributed by atoms with E-state index in [1.807, 2.05) is 0 Å². The van der Waals surface area contributed by atoms with E-state index in [4.69, 9.17) is 10.5 Å². The minimum absolute atomic E-state index is 0.205. The monoisotopic (exact) mass is 363 g/mol. The first kappa shape index (κ1) is 12.4. The second-order valence-corrected chi connectivity index (χ2v) is 8.15. The SMILES string of the molecule is NC(c1csc(I)c1)C1CCOC2(CCC2)C1. The fourth-order valence-electron chi connectivity index (χ4n) is 3.06. The van der Waals surface area contributed by atoms with Crippen molar-refractivity contribution in [1.82, 2.24) is 0 Å². The lowest BCUT2D eigenvalue weighted by Crippen LogP contribution is -2.47. The molecular weight excluding hydrogens is 345 g/mol. The largest absolute Gasteiger partial charge is 0.375 e. The Hall–Kier alpha value is 0.350. The standard InChI is InChI=1S/C13H18INOS/c14-11-6-10(8-17-11)12(15)9-2-5-16-13(7-9)3-1-4-13/h6,8-9,12H,1-5,7,15H2. The molecule has 2 N–H and O–H groups in total. The Kier molecular flexibility index (Phi) is 3.49. The molecule has 0 radical (unpaired) electrons. The highest BCUT2D eigenvalue weighted by molar-refractivity contribution is 14.1. The van der Waals surface area contributed by atoms with Crippen LogP contribution in [-0.4, -0.2) is 12.2 Å². The third-order valence-electron chi connectivity index (χ3n) is 4.28. The van der Waals surface area contributed by atoms with Crippen molar-refractivity contribution in [2.45, 2.75) is 43.7 Å². The lowest BCUT2D eigenvalue weighted by molar-refractivity contribution is -0.146. The fourth-order valence-corrected chi connectivity index (χ4v) is 4.48. The van der Waals surface area contributed by atoms with Crippen molar-refractivity contribution in [3.63, 3.8) is 0 Å². The molecule has 3 rings (SSSR count). The Morgan fingerprint density at radius 3 is 2.94 bits per heavy atom. The lowest BCUT2D eigenvalue weighted by atomic mass is 9.70. The van der Waals surface area contributed by atoms with Gasteiger partial charge in [0.2, 0.25) is 0 Å². The summed E-state index contributed by atoms with van der Waals surface area (Å²) in [6, 6.07) is 2.44. The van der Waals surface area contributed by atoms with Crippen LogP contribution < -0.4 is 5.73 Å². The van der Waals surface area contributed by atoms with E-state index in [1.54, 1.807) is 11.3 Å². The van der Waals surface area contributed by atoms with Crippen LogP contribution in [0.3, 0.4) is 0 Å². The summed E-state index contributed by atoms with van der Waals surface area (Å²) in [5, 5.41) is 2.22. The van der Waals surface area contributed by atoms with E-state index in [2.05, 4.69) is 34.0 Å². The fraction of sp³-hybridized carbons (Fsp3) is 0.692. The maximum Gasteiger partial charge on any atom is 0.0686 e. The maximum absolute atomic E-state index is 6.43. The first-order chi connectivity index (χ1) is 8.19. The normalized spacial score (nSPS) is 28.9. The van der Waals surface area contributed by atoms with E-state index >= 15 is 0 Å². The minimum Gasteiger partial charge on any atom is -0.375 e. The molecule has 2 nitrogen and oxygen atoms in total. The second kappa shape index (κ2) is 4.79. The number of thiophene rings is 1. The highest BCUT2D eigenvalue weighted by Gasteiger charge is 2.43. The van der Waals surface area contributed by atoms with Crippen LogP contribution in [0.4, 0.5) is 0 Å². The number of hydrogen-bond acceptors (Lipinski definition) is 3. The van der Waals surface area contributed by atoms with Gasteiger partial charge in [0.25, 0.3) is 0 Å². The molecule has 1 aromatic heterocycles. The lowest BCUT2D eigenvalue weighted by Gasteiger charge is -2.48. The Morgan fingerprint density at radius 1 is 1.53 bits per heavy atom. The van der Waals surface area contributed by atoms with E-state index in [0.29, 0.717) is 5.92 Å². The smallest absolute Gasteiger partial charge is 0.0686 e. The molecule has 2 atom stereocenters. The Morgan fingerprint density at radius 2 is 2.35 bits per heavy atom. The average Bonchev–Trinajstić information content (AvgIpc) is 2.73. The third kappa shape index (κ3) is 2.41. The molecule has 0 amide bonds. The van der Waals surface area contributed by atoms with Crippen molar-refractivity contribution >= 4 is 33.9 Å². The summed E-state index contributed by atoms with van der Waals surface area (Å²) >= 11 is 4.16. The van der Waals surface area contributed by atoms with E-state index in [-0.39, 0.29) is 11.6 Å². The maximum atomic E-state index is 6.43. The van der Waals surface area contributed by atoms with E-state index in [0.717, 1.165) is 13.0 Å². The van der Waals surface area contributed by atoms with Gasteiger partial charge in [-0.3, -0.25) is 0 Å². The third-order valence-corrected chi connectivity index (χ3v) is 6.08. The molecule has 2 unspecified atom stereocenters. The first-order valence-corrected chi connectivity index (χ1v) is 8.28. The Labute approximate surface area is 120 Å². The average molecular weight is 363 g/mol. The highest BCUT2D eigenvalue weighted by atomic mass is 127. The summed E-state index contributed by atoms with van der Waals surface area (Å²) in [7, 11) is 0. The molecule has 17 heavy (non-hydrogen) atoms. The van der Waals surface area contributed by atoms with Gasteiger partial charge < -0.3 is 10.5 Å². The van der Waals surface area contributed by atoms with E-state index in [9.17, 15) is 0 Å². The molecule has 1 spiro atoms. The molecule has 94 valence electrons. The van der Waals surface area contributed by atoms with E-state index < -0.39 is 0 Å². The predicted molar refractivity (Wildman–Crippen MR) is 79.2 cm³/mol. The van der Waals surface area contributed by atoms with Crippen LogP contribution in [0.1, 0.15) is 43.7 Å². The van der Waals surface area contributed by atoms with Gasteiger partial charge in [-0.1, -0.05) is 0 Å². The zero-order chi connectivity index (χ0) is 11.9. The van der Waals surface area contributed by atoms with Crippen molar-refractivity contribution in [2.24, 2.45) is 11.7 Å². The van der Waals surface area contributed by atoms with Gasteiger partial charge in [0.1, 0.15) is 0 Å². The van der Waals surface area contributed by atoms with Crippen LogP contribution in [0.25, 0.3) is 0 Å². The van der Waals surface area contributed by atoms with Gasteiger partial charge in [0, 0.05) is 12.6 Å². The molecule has 0 aromatic carbocycles. The van der Waals surface area contributed by atoms with Gasteiger partial charge in [-0.15, -0.1) is 11.3 Å². The number of halogens is 1. The summed E-state index contributed by atoms with van der Waals surface area (Å²) in [5.74, 6) is 0.606. The zero-order valence-electron chi connectivity index (χ0n) is 9.82. The number of hydrogen-bond donors (Lipinski definition) is 1. The van der Waals surface area contributed by atoms with Gasteiger partial charge in [-0.05, 0) is 77.6 Å². The predicted octanol–water partition coefficient (Wildman–Crippen LogP) is 3.70. The molecule has 1 aromatic rings. The van der Waals surface area contributed by atoms with Gasteiger partial charge in [-0.25, -0.2) is 0 Å². The molecule has 0 bridgehead atoms. The molecular formula is C13H18INOS. The first-order valence-electron chi connectivity index (χ1n) is 6.32. The van der Waals surface area contributed by atoms with Gasteiger partial charge in [0.05, 0.1) is 8.48 Å². The number of ether oxygens (including phenoxy) is 1. The summed E-state index contributed by atoms with van der Waals surface area (Å²) in [6.45, 7) is 0.902. The minimum atomic E-state index is 0.205. The Balaban J connectivity index is 1.71. The van der Waals surface area contributed by atoms with Crippen molar-refractivity contribution < 1.29 is 4.74 Å². The van der Waals surface area contributed by atoms with Gasteiger partial charge in [-0.2, -0.15) is 0 Å². The van der Waals surface area contributed by atoms with E-state index in [1.165, 1.54) is 34.1 Å². The van der Waals surface area contributed by atoms with Crippen molar-refractivity contribution in [1.29, 1.82) is 0 Å². The zero-order valence-corrected chi connectivity index (χ0v) is 12.8. The van der Waals surface area contributed by atoms with Crippen LogP contribution >= 0.6 is 33.9 Å². The molecule has 1 aliphatic carbocycles. The van der Waals surface area contributed by atoms with Crippen LogP contribution in [-0.2, 0) is 4.74 Å². The van der Waals surface area contributed by atoms with Gasteiger partial charge in [0.15, 0.2) is 0 Å². The van der Waals surface area contributed by atoms with Crippen LogP contribution in [0, 0.1) is 8.80 Å². The molecule has 1 saturated heterocycles. The van der Waals surface area contributed by atoms with Crippen LogP contribution in [0.2, 0.25) is 0 Å². The van der Waals surface area contributed by atoms with Crippen LogP contribution in [0.15, 0.2) is 11.4 Å². The molecule has 2 fully saturated rings. The molecule has 4 heteroatoms. The van der Waals surface area contributed by atoms with Crippen molar-refractivity contribution in [2.75, 3.05) is 6.61 Å². The summed E-state index contributed by atoms with van der Waals surface area (Å²) in [6.07, 6.45) is 6.11. The summed E-state index contributed by atoms with van der Waals surface area (Å²) in [4.78, 5) is 0. The topological polar surface area (TPSA) is 35.2 Å².